The van der Waals surface area contributed by atoms with E-state index < -0.39 is 17.7 Å². The molecule has 1 aliphatic heterocycles. The Balaban J connectivity index is 2.30. The van der Waals surface area contributed by atoms with E-state index in [1.807, 2.05) is 0 Å². The highest BCUT2D eigenvalue weighted by atomic mass is 19.1. The van der Waals surface area contributed by atoms with E-state index in [2.05, 4.69) is 0 Å². The lowest BCUT2D eigenvalue weighted by Gasteiger charge is -2.20. The van der Waals surface area contributed by atoms with Crippen molar-refractivity contribution in [3.63, 3.8) is 0 Å². The number of halogens is 2. The fourth-order valence-corrected chi connectivity index (χ4v) is 2.07. The minimum atomic E-state index is -0.775. The van der Waals surface area contributed by atoms with Gasteiger partial charge in [-0.1, -0.05) is 0 Å². The van der Waals surface area contributed by atoms with Crippen molar-refractivity contribution in [2.45, 2.75) is 25.0 Å². The van der Waals surface area contributed by atoms with Crippen LogP contribution in [0.1, 0.15) is 24.4 Å². The van der Waals surface area contributed by atoms with Crippen molar-refractivity contribution >= 4 is 0 Å². The molecule has 1 aliphatic rings. The zero-order chi connectivity index (χ0) is 12.4. The predicted molar refractivity (Wildman–Crippen MR) is 58.8 cm³/mol. The van der Waals surface area contributed by atoms with Crippen LogP contribution < -0.4 is 10.5 Å². The molecule has 1 aromatic carbocycles. The first-order valence-electron chi connectivity index (χ1n) is 5.53. The number of hydrogen-bond donors (Lipinski definition) is 1. The van der Waals surface area contributed by atoms with Crippen LogP contribution in [0, 0.1) is 11.6 Å². The van der Waals surface area contributed by atoms with Gasteiger partial charge in [0.1, 0.15) is 17.4 Å². The summed E-state index contributed by atoms with van der Waals surface area (Å²) < 4.78 is 37.6. The lowest BCUT2D eigenvalue weighted by Crippen LogP contribution is -2.27. The van der Waals surface area contributed by atoms with Crippen molar-refractivity contribution in [2.24, 2.45) is 5.73 Å². The minimum absolute atomic E-state index is 0.127. The molecular weight excluding hydrogens is 228 g/mol. The molecule has 5 heteroatoms. The van der Waals surface area contributed by atoms with E-state index in [0.29, 0.717) is 6.61 Å². The molecule has 94 valence electrons. The molecule has 1 aromatic rings. The van der Waals surface area contributed by atoms with Crippen LogP contribution in [0.4, 0.5) is 8.78 Å². The minimum Gasteiger partial charge on any atom is -0.497 e. The van der Waals surface area contributed by atoms with Gasteiger partial charge in [0, 0.05) is 24.3 Å². The number of rotatable bonds is 3. The van der Waals surface area contributed by atoms with Gasteiger partial charge in [-0.3, -0.25) is 0 Å². The molecule has 1 saturated heterocycles. The molecule has 2 unspecified atom stereocenters. The van der Waals surface area contributed by atoms with Gasteiger partial charge in [0.15, 0.2) is 0 Å². The van der Waals surface area contributed by atoms with Gasteiger partial charge in [-0.05, 0) is 12.8 Å². The highest BCUT2D eigenvalue weighted by molar-refractivity contribution is 5.33. The average molecular weight is 243 g/mol. The molecule has 1 heterocycles. The number of methoxy groups -OCH3 is 1. The molecule has 0 radical (unpaired) electrons. The second-order valence-corrected chi connectivity index (χ2v) is 4.08. The highest BCUT2D eigenvalue weighted by Crippen LogP contribution is 2.30. The highest BCUT2D eigenvalue weighted by Gasteiger charge is 2.29. The smallest absolute Gasteiger partial charge is 0.134 e. The Morgan fingerprint density at radius 3 is 2.53 bits per heavy atom. The van der Waals surface area contributed by atoms with Crippen molar-refractivity contribution in [1.82, 2.24) is 0 Å². The third-order valence-electron chi connectivity index (χ3n) is 2.99. The first-order chi connectivity index (χ1) is 8.13. The zero-order valence-electron chi connectivity index (χ0n) is 9.58. The number of ether oxygens (including phenoxy) is 2. The largest absolute Gasteiger partial charge is 0.497 e. The van der Waals surface area contributed by atoms with E-state index >= 15 is 0 Å². The van der Waals surface area contributed by atoms with Gasteiger partial charge in [0.05, 0.1) is 19.3 Å². The summed E-state index contributed by atoms with van der Waals surface area (Å²) in [6, 6.07) is 1.49. The van der Waals surface area contributed by atoms with Gasteiger partial charge in [0.2, 0.25) is 0 Å². The summed E-state index contributed by atoms with van der Waals surface area (Å²) >= 11 is 0. The molecule has 0 aliphatic carbocycles. The molecule has 0 bridgehead atoms. The molecule has 3 nitrogen and oxygen atoms in total. The number of benzene rings is 1. The number of nitrogens with two attached hydrogens (primary N) is 1. The van der Waals surface area contributed by atoms with Gasteiger partial charge in [-0.25, -0.2) is 8.78 Å². The molecule has 17 heavy (non-hydrogen) atoms. The maximum absolute atomic E-state index is 13.7. The molecule has 0 amide bonds. The lowest BCUT2D eigenvalue weighted by molar-refractivity contribution is 0.0879. The summed E-state index contributed by atoms with van der Waals surface area (Å²) in [5.41, 5.74) is 5.72. The van der Waals surface area contributed by atoms with Crippen LogP contribution in [0.3, 0.4) is 0 Å². The molecule has 2 rings (SSSR count). The van der Waals surface area contributed by atoms with Crippen LogP contribution in [0.5, 0.6) is 5.75 Å². The van der Waals surface area contributed by atoms with Crippen molar-refractivity contribution in [3.8, 4) is 5.75 Å². The monoisotopic (exact) mass is 243 g/mol. The van der Waals surface area contributed by atoms with Crippen LogP contribution in [-0.4, -0.2) is 19.8 Å². The van der Waals surface area contributed by atoms with Crippen LogP contribution in [0.15, 0.2) is 12.1 Å². The Hall–Kier alpha value is -1.20. The lowest BCUT2D eigenvalue weighted by atomic mass is 9.99. The molecule has 2 N–H and O–H groups in total. The molecular formula is C12H15F2NO2. The molecule has 1 fully saturated rings. The van der Waals surface area contributed by atoms with Gasteiger partial charge >= 0.3 is 0 Å². The Labute approximate surface area is 98.5 Å². The van der Waals surface area contributed by atoms with Gasteiger partial charge < -0.3 is 15.2 Å². The van der Waals surface area contributed by atoms with E-state index in [0.717, 1.165) is 25.0 Å². The van der Waals surface area contributed by atoms with Crippen molar-refractivity contribution in [3.05, 3.63) is 29.3 Å². The fraction of sp³-hybridized carbons (Fsp3) is 0.500. The summed E-state index contributed by atoms with van der Waals surface area (Å²) in [4.78, 5) is 0. The summed E-state index contributed by atoms with van der Waals surface area (Å²) in [6.45, 7) is 0.595. The Morgan fingerprint density at radius 2 is 2.06 bits per heavy atom. The van der Waals surface area contributed by atoms with Gasteiger partial charge in [-0.2, -0.15) is 0 Å². The quantitative estimate of drug-likeness (QED) is 0.884. The van der Waals surface area contributed by atoms with Crippen LogP contribution >= 0.6 is 0 Å². The molecule has 0 aromatic heterocycles. The van der Waals surface area contributed by atoms with E-state index in [9.17, 15) is 8.78 Å². The third-order valence-corrected chi connectivity index (χ3v) is 2.99. The van der Waals surface area contributed by atoms with E-state index in [1.54, 1.807) is 0 Å². The second kappa shape index (κ2) is 4.98. The SMILES string of the molecule is COc1cc(F)c(C(N)C2CCCO2)c(F)c1. The maximum Gasteiger partial charge on any atom is 0.134 e. The van der Waals surface area contributed by atoms with Crippen LogP contribution in [0.2, 0.25) is 0 Å². The molecule has 0 saturated carbocycles. The van der Waals surface area contributed by atoms with E-state index in [1.165, 1.54) is 7.11 Å². The van der Waals surface area contributed by atoms with Crippen LogP contribution in [-0.2, 0) is 4.74 Å². The van der Waals surface area contributed by atoms with Crippen molar-refractivity contribution in [1.29, 1.82) is 0 Å². The van der Waals surface area contributed by atoms with E-state index in [-0.39, 0.29) is 17.4 Å². The Kier molecular flexibility index (Phi) is 3.59. The topological polar surface area (TPSA) is 44.5 Å². The standard InChI is InChI=1S/C12H15F2NO2/c1-16-7-5-8(13)11(9(14)6-7)12(15)10-3-2-4-17-10/h5-6,10,12H,2-4,15H2,1H3. The zero-order valence-corrected chi connectivity index (χ0v) is 9.58. The molecule has 2 atom stereocenters. The second-order valence-electron chi connectivity index (χ2n) is 4.08. The van der Waals surface area contributed by atoms with Crippen LogP contribution in [0.25, 0.3) is 0 Å². The summed E-state index contributed by atoms with van der Waals surface area (Å²) in [7, 11) is 1.36. The predicted octanol–water partition coefficient (Wildman–Crippen LogP) is 2.15. The summed E-state index contributed by atoms with van der Waals surface area (Å²) in [5.74, 6) is -1.24. The Bertz CT molecular complexity index is 382. The summed E-state index contributed by atoms with van der Waals surface area (Å²) in [5, 5.41) is 0. The van der Waals surface area contributed by atoms with Crippen molar-refractivity contribution in [2.75, 3.05) is 13.7 Å². The average Bonchev–Trinajstić information content (AvgIpc) is 2.81. The fourth-order valence-electron chi connectivity index (χ4n) is 2.07. The summed E-state index contributed by atoms with van der Waals surface area (Å²) in [6.07, 6.45) is 1.29. The number of hydrogen-bond acceptors (Lipinski definition) is 3. The van der Waals surface area contributed by atoms with Gasteiger partial charge in [0.25, 0.3) is 0 Å². The van der Waals surface area contributed by atoms with Crippen molar-refractivity contribution < 1.29 is 18.3 Å². The van der Waals surface area contributed by atoms with E-state index in [4.69, 9.17) is 15.2 Å². The Morgan fingerprint density at radius 1 is 1.41 bits per heavy atom. The molecule has 0 spiro atoms. The third kappa shape index (κ3) is 2.40. The van der Waals surface area contributed by atoms with Gasteiger partial charge in [-0.15, -0.1) is 0 Å². The first-order valence-corrected chi connectivity index (χ1v) is 5.53. The first kappa shape index (κ1) is 12.3. The normalized spacial score (nSPS) is 21.5. The maximum atomic E-state index is 13.7.